The highest BCUT2D eigenvalue weighted by Crippen LogP contribution is 2.38. The fourth-order valence-electron chi connectivity index (χ4n) is 4.61. The van der Waals surface area contributed by atoms with Crippen LogP contribution in [0.25, 0.3) is 23.0 Å². The molecule has 2 aromatic carbocycles. The highest BCUT2D eigenvalue weighted by molar-refractivity contribution is 8.26. The van der Waals surface area contributed by atoms with Gasteiger partial charge in [-0.25, -0.2) is 4.68 Å². The van der Waals surface area contributed by atoms with Gasteiger partial charge in [0.05, 0.1) is 17.2 Å². The van der Waals surface area contributed by atoms with Crippen molar-refractivity contribution in [2.75, 3.05) is 6.61 Å². The zero-order chi connectivity index (χ0) is 23.5. The van der Waals surface area contributed by atoms with Gasteiger partial charge in [-0.3, -0.25) is 9.69 Å². The van der Waals surface area contributed by atoms with Crippen LogP contribution in [-0.4, -0.2) is 37.6 Å². The van der Waals surface area contributed by atoms with Gasteiger partial charge in [0.1, 0.15) is 15.8 Å². The summed E-state index contributed by atoms with van der Waals surface area (Å²) in [5, 5.41) is 4.90. The topological polar surface area (TPSA) is 47.4 Å². The number of thiocarbonyl (C=S) groups is 1. The molecule has 1 saturated carbocycles. The number of rotatable bonds is 6. The van der Waals surface area contributed by atoms with E-state index in [0.29, 0.717) is 15.8 Å². The largest absolute Gasteiger partial charge is 0.494 e. The van der Waals surface area contributed by atoms with E-state index in [0.717, 1.165) is 53.9 Å². The van der Waals surface area contributed by atoms with Crippen molar-refractivity contribution in [2.45, 2.75) is 45.1 Å². The SMILES string of the molecule is CCOc1cccc(-c2nn(-c3ccccc3)cc2C=C2SC(=S)N(C3CCCCC3)C2=O)c1. The maximum absolute atomic E-state index is 13.4. The third-order valence-electron chi connectivity index (χ3n) is 6.23. The molecule has 1 aromatic heterocycles. The van der Waals surface area contributed by atoms with Gasteiger partial charge in [-0.2, -0.15) is 5.10 Å². The number of hydrogen-bond acceptors (Lipinski definition) is 5. The fourth-order valence-corrected chi connectivity index (χ4v) is 6.00. The quantitative estimate of drug-likeness (QED) is 0.293. The summed E-state index contributed by atoms with van der Waals surface area (Å²) < 4.78 is 8.24. The molecule has 2 heterocycles. The summed E-state index contributed by atoms with van der Waals surface area (Å²) in [6.07, 6.45) is 9.53. The average Bonchev–Trinajstić information content (AvgIpc) is 3.41. The second-order valence-corrected chi connectivity index (χ2v) is 10.2. The first-order valence-electron chi connectivity index (χ1n) is 11.8. The van der Waals surface area contributed by atoms with E-state index in [1.807, 2.05) is 83.4 Å². The molecule has 174 valence electrons. The molecule has 0 spiro atoms. The molecule has 0 atom stereocenters. The molecule has 5 nitrogen and oxygen atoms in total. The monoisotopic (exact) mass is 489 g/mol. The average molecular weight is 490 g/mol. The lowest BCUT2D eigenvalue weighted by Crippen LogP contribution is -2.39. The molecule has 0 radical (unpaired) electrons. The molecule has 3 aromatic rings. The van der Waals surface area contributed by atoms with E-state index in [4.69, 9.17) is 22.1 Å². The van der Waals surface area contributed by atoms with Gasteiger partial charge in [-0.05, 0) is 50.1 Å². The van der Waals surface area contributed by atoms with Crippen molar-refractivity contribution in [1.29, 1.82) is 0 Å². The second kappa shape index (κ2) is 10.2. The molecule has 1 amide bonds. The number of amides is 1. The maximum Gasteiger partial charge on any atom is 0.266 e. The standard InChI is InChI=1S/C27H27N3O2S2/c1-2-32-23-15-9-10-19(16-23)25-20(18-29(28-25)21-11-5-3-6-12-21)17-24-26(31)30(27(33)34-24)22-13-7-4-8-14-22/h3,5-6,9-12,15-18,22H,2,4,7-8,13-14H2,1H3. The summed E-state index contributed by atoms with van der Waals surface area (Å²) >= 11 is 7.03. The van der Waals surface area contributed by atoms with Crippen molar-refractivity contribution in [1.82, 2.24) is 14.7 Å². The number of para-hydroxylation sites is 1. The van der Waals surface area contributed by atoms with Gasteiger partial charge in [0.2, 0.25) is 0 Å². The molecule has 0 unspecified atom stereocenters. The van der Waals surface area contributed by atoms with Crippen LogP contribution in [0.15, 0.2) is 65.7 Å². The van der Waals surface area contributed by atoms with E-state index in [1.54, 1.807) is 0 Å². The van der Waals surface area contributed by atoms with Gasteiger partial charge in [-0.15, -0.1) is 0 Å². The molecule has 2 aliphatic rings. The van der Waals surface area contributed by atoms with Gasteiger partial charge < -0.3 is 4.74 Å². The first kappa shape index (κ1) is 22.9. The third kappa shape index (κ3) is 4.68. The molecule has 1 aliphatic carbocycles. The number of benzene rings is 2. The molecule has 34 heavy (non-hydrogen) atoms. The van der Waals surface area contributed by atoms with E-state index < -0.39 is 0 Å². The lowest BCUT2D eigenvalue weighted by Gasteiger charge is -2.29. The number of carbonyl (C=O) groups excluding carboxylic acids is 1. The van der Waals surface area contributed by atoms with Crippen LogP contribution in [0, 0.1) is 0 Å². The molecule has 0 N–H and O–H groups in total. The summed E-state index contributed by atoms with van der Waals surface area (Å²) in [5.41, 5.74) is 3.57. The van der Waals surface area contributed by atoms with Crippen molar-refractivity contribution in [3.8, 4) is 22.7 Å². The zero-order valence-corrected chi connectivity index (χ0v) is 20.8. The second-order valence-electron chi connectivity index (χ2n) is 8.52. The van der Waals surface area contributed by atoms with E-state index >= 15 is 0 Å². The Hall–Kier alpha value is -2.90. The maximum atomic E-state index is 13.4. The first-order valence-corrected chi connectivity index (χ1v) is 13.0. The highest BCUT2D eigenvalue weighted by atomic mass is 32.2. The van der Waals surface area contributed by atoms with Crippen molar-refractivity contribution < 1.29 is 9.53 Å². The fraction of sp³-hybridized carbons (Fsp3) is 0.296. The normalized spacial score (nSPS) is 18.1. The molecule has 1 aliphatic heterocycles. The number of thioether (sulfide) groups is 1. The van der Waals surface area contributed by atoms with Gasteiger partial charge >= 0.3 is 0 Å². The van der Waals surface area contributed by atoms with Crippen LogP contribution < -0.4 is 4.74 Å². The molecule has 0 bridgehead atoms. The number of ether oxygens (including phenoxy) is 1. The van der Waals surface area contributed by atoms with Crippen LogP contribution in [0.3, 0.4) is 0 Å². The Morgan fingerprint density at radius 2 is 1.91 bits per heavy atom. The Bertz CT molecular complexity index is 1230. The minimum atomic E-state index is 0.0170. The Balaban J connectivity index is 1.54. The summed E-state index contributed by atoms with van der Waals surface area (Å²) in [6.45, 7) is 2.56. The molecule has 1 saturated heterocycles. The number of hydrogen-bond donors (Lipinski definition) is 0. The first-order chi connectivity index (χ1) is 16.6. The summed E-state index contributed by atoms with van der Waals surface area (Å²) in [6, 6.07) is 18.1. The predicted molar refractivity (Wildman–Crippen MR) is 142 cm³/mol. The Kier molecular flexibility index (Phi) is 6.83. The third-order valence-corrected chi connectivity index (χ3v) is 7.56. The highest BCUT2D eigenvalue weighted by Gasteiger charge is 2.37. The Labute approximate surface area is 209 Å². The van der Waals surface area contributed by atoms with Crippen LogP contribution in [-0.2, 0) is 4.79 Å². The van der Waals surface area contributed by atoms with Crippen molar-refractivity contribution in [3.05, 3.63) is 71.3 Å². The van der Waals surface area contributed by atoms with E-state index in [-0.39, 0.29) is 11.9 Å². The molecule has 7 heteroatoms. The van der Waals surface area contributed by atoms with Gasteiger partial charge in [0, 0.05) is 23.4 Å². The zero-order valence-electron chi connectivity index (χ0n) is 19.1. The number of carbonyl (C=O) groups is 1. The van der Waals surface area contributed by atoms with Crippen molar-refractivity contribution in [3.63, 3.8) is 0 Å². The van der Waals surface area contributed by atoms with Gasteiger partial charge in [-0.1, -0.05) is 73.6 Å². The van der Waals surface area contributed by atoms with Crippen molar-refractivity contribution >= 4 is 40.3 Å². The summed E-state index contributed by atoms with van der Waals surface area (Å²) in [5.74, 6) is 0.812. The molecular weight excluding hydrogens is 462 g/mol. The van der Waals surface area contributed by atoms with Crippen LogP contribution in [0.5, 0.6) is 5.75 Å². The van der Waals surface area contributed by atoms with Crippen LogP contribution in [0.2, 0.25) is 0 Å². The van der Waals surface area contributed by atoms with E-state index in [1.165, 1.54) is 18.2 Å². The van der Waals surface area contributed by atoms with E-state index in [2.05, 4.69) is 0 Å². The lowest BCUT2D eigenvalue weighted by molar-refractivity contribution is -0.124. The molecule has 5 rings (SSSR count). The summed E-state index contributed by atoms with van der Waals surface area (Å²) in [7, 11) is 0. The Morgan fingerprint density at radius 1 is 1.12 bits per heavy atom. The lowest BCUT2D eigenvalue weighted by atomic mass is 9.94. The van der Waals surface area contributed by atoms with Crippen molar-refractivity contribution in [2.24, 2.45) is 0 Å². The molecular formula is C27H27N3O2S2. The predicted octanol–water partition coefficient (Wildman–Crippen LogP) is 6.47. The molecule has 2 fully saturated rings. The van der Waals surface area contributed by atoms with Crippen LogP contribution in [0.1, 0.15) is 44.6 Å². The van der Waals surface area contributed by atoms with Crippen LogP contribution >= 0.6 is 24.0 Å². The van der Waals surface area contributed by atoms with Crippen LogP contribution in [0.4, 0.5) is 0 Å². The number of aromatic nitrogens is 2. The summed E-state index contributed by atoms with van der Waals surface area (Å²) in [4.78, 5) is 15.9. The van der Waals surface area contributed by atoms with E-state index in [9.17, 15) is 4.79 Å². The number of nitrogens with zero attached hydrogens (tertiary/aromatic N) is 3. The smallest absolute Gasteiger partial charge is 0.266 e. The van der Waals surface area contributed by atoms with Gasteiger partial charge in [0.25, 0.3) is 5.91 Å². The van der Waals surface area contributed by atoms with Gasteiger partial charge in [0.15, 0.2) is 0 Å². The minimum Gasteiger partial charge on any atom is -0.494 e. The minimum absolute atomic E-state index is 0.0170. The Morgan fingerprint density at radius 3 is 2.68 bits per heavy atom.